The van der Waals surface area contributed by atoms with Gasteiger partial charge in [-0.15, -0.1) is 0 Å². The van der Waals surface area contributed by atoms with Crippen LogP contribution in [0, 0.1) is 0 Å². The smallest absolute Gasteiger partial charge is 0.251 e. The number of anilines is 1. The largest absolute Gasteiger partial charge is 0.389 e. The molecule has 5 aromatic rings. The molecule has 0 aliphatic heterocycles. The third-order valence-corrected chi connectivity index (χ3v) is 10.6. The Labute approximate surface area is 283 Å². The molecular formula is C32H36N8O7S2. The van der Waals surface area contributed by atoms with E-state index in [1.807, 2.05) is 4.68 Å². The maximum absolute atomic E-state index is 13.2. The number of aliphatic hydroxyl groups is 1. The summed E-state index contributed by atoms with van der Waals surface area (Å²) in [4.78, 5) is 32.6. The number of sulfonamides is 2. The number of hydrogen-bond acceptors (Lipinski definition) is 10. The second kappa shape index (κ2) is 15.5. The molecule has 0 radical (unpaired) electrons. The van der Waals surface area contributed by atoms with E-state index in [0.29, 0.717) is 30.2 Å². The fourth-order valence-electron chi connectivity index (χ4n) is 5.01. The van der Waals surface area contributed by atoms with E-state index >= 15 is 0 Å². The van der Waals surface area contributed by atoms with Crippen LogP contribution in [-0.4, -0.2) is 85.7 Å². The van der Waals surface area contributed by atoms with Gasteiger partial charge < -0.3 is 20.7 Å². The summed E-state index contributed by atoms with van der Waals surface area (Å²) >= 11 is 0. The Balaban J connectivity index is 1.19. The van der Waals surface area contributed by atoms with Gasteiger partial charge in [-0.3, -0.25) is 14.3 Å². The standard InChI is InChI=1S/C32H36N8O7S2/c1-2-38-48(44,45)26-9-4-22(5-10-26)23-6-11-27(12-7-23)49(46,47)39-28(30(42)21-41)20-36-31(43)24-8-13-29-25(18-24)19-37-40(29)17-3-14-33-32-34-15-16-35-32/h4-13,15-16,18-19,28,38-39,41H,2-3,14,17,20-21H2,1H3,(H,36,43)(H2,33,34,35). The van der Waals surface area contributed by atoms with Gasteiger partial charge in [-0.25, -0.2) is 26.5 Å². The maximum Gasteiger partial charge on any atom is 0.251 e. The summed E-state index contributed by atoms with van der Waals surface area (Å²) < 4.78 is 57.3. The molecule has 3 aromatic carbocycles. The number of carbonyl (C=O) groups excluding carboxylic acids is 2. The molecule has 2 heterocycles. The highest BCUT2D eigenvalue weighted by Crippen LogP contribution is 2.23. The first-order chi connectivity index (χ1) is 23.5. The summed E-state index contributed by atoms with van der Waals surface area (Å²) in [5.41, 5.74) is 2.40. The molecule has 0 fully saturated rings. The quantitative estimate of drug-likeness (QED) is 0.0771. The first-order valence-corrected chi connectivity index (χ1v) is 18.3. The molecule has 258 valence electrons. The van der Waals surface area contributed by atoms with Crippen LogP contribution in [0.1, 0.15) is 23.7 Å². The lowest BCUT2D eigenvalue weighted by molar-refractivity contribution is -0.123. The number of aromatic nitrogens is 4. The van der Waals surface area contributed by atoms with Gasteiger partial charge in [-0.2, -0.15) is 9.82 Å². The van der Waals surface area contributed by atoms with Gasteiger partial charge in [0, 0.05) is 49.5 Å². The second-order valence-corrected chi connectivity index (χ2v) is 14.4. The molecule has 17 heteroatoms. The molecule has 1 atom stereocenters. The fraction of sp³-hybridized carbons (Fsp3) is 0.250. The van der Waals surface area contributed by atoms with Crippen LogP contribution in [0.3, 0.4) is 0 Å². The number of aromatic amines is 1. The van der Waals surface area contributed by atoms with Crippen molar-refractivity contribution in [2.75, 3.05) is 31.6 Å². The molecule has 0 saturated carbocycles. The second-order valence-electron chi connectivity index (χ2n) is 10.9. The van der Waals surface area contributed by atoms with Crippen LogP contribution in [0.15, 0.2) is 95.1 Å². The van der Waals surface area contributed by atoms with Crippen LogP contribution >= 0.6 is 0 Å². The summed E-state index contributed by atoms with van der Waals surface area (Å²) in [6.45, 7) is 1.90. The lowest BCUT2D eigenvalue weighted by atomic mass is 10.1. The van der Waals surface area contributed by atoms with Crippen molar-refractivity contribution < 1.29 is 31.5 Å². The Morgan fingerprint density at radius 1 is 0.939 bits per heavy atom. The maximum atomic E-state index is 13.2. The van der Waals surface area contributed by atoms with Crippen LogP contribution in [0.5, 0.6) is 0 Å². The number of rotatable bonds is 17. The molecule has 15 nitrogen and oxygen atoms in total. The number of H-pyrrole nitrogens is 1. The normalized spacial score (nSPS) is 12.5. The Bertz CT molecular complexity index is 2120. The van der Waals surface area contributed by atoms with E-state index in [4.69, 9.17) is 0 Å². The van der Waals surface area contributed by atoms with Crippen LogP contribution < -0.4 is 20.1 Å². The number of Topliss-reactive ketones (excluding diaryl/α,β-unsaturated/α-hetero) is 1. The van der Waals surface area contributed by atoms with E-state index in [-0.39, 0.29) is 21.9 Å². The zero-order chi connectivity index (χ0) is 35.0. The zero-order valence-electron chi connectivity index (χ0n) is 26.5. The number of ketones is 1. The van der Waals surface area contributed by atoms with Gasteiger partial charge in [-0.1, -0.05) is 31.2 Å². The van der Waals surface area contributed by atoms with Crippen molar-refractivity contribution in [3.8, 4) is 11.1 Å². The van der Waals surface area contributed by atoms with Crippen LogP contribution in [-0.2, 0) is 31.4 Å². The first-order valence-electron chi connectivity index (χ1n) is 15.3. The molecule has 6 N–H and O–H groups in total. The number of aryl methyl sites for hydroxylation is 1. The molecule has 0 spiro atoms. The minimum atomic E-state index is -4.25. The van der Waals surface area contributed by atoms with Crippen LogP contribution in [0.25, 0.3) is 22.0 Å². The van der Waals surface area contributed by atoms with E-state index in [1.165, 1.54) is 24.3 Å². The Morgan fingerprint density at radius 3 is 2.22 bits per heavy atom. The van der Waals surface area contributed by atoms with Crippen molar-refractivity contribution in [2.45, 2.75) is 35.7 Å². The number of nitrogens with one attached hydrogen (secondary N) is 5. The number of amides is 1. The van der Waals surface area contributed by atoms with Gasteiger partial charge in [0.2, 0.25) is 20.0 Å². The topological polar surface area (TPSA) is 217 Å². The van der Waals surface area contributed by atoms with E-state index in [0.717, 1.165) is 17.3 Å². The predicted octanol–water partition coefficient (Wildman–Crippen LogP) is 1.87. The molecule has 2 aromatic heterocycles. The summed E-state index contributed by atoms with van der Waals surface area (Å²) in [5.74, 6) is -0.681. The van der Waals surface area contributed by atoms with Gasteiger partial charge in [0.1, 0.15) is 12.6 Å². The molecule has 0 aliphatic carbocycles. The van der Waals surface area contributed by atoms with Gasteiger partial charge in [0.05, 0.1) is 21.5 Å². The monoisotopic (exact) mass is 708 g/mol. The van der Waals surface area contributed by atoms with E-state index in [9.17, 15) is 31.5 Å². The summed E-state index contributed by atoms with van der Waals surface area (Å²) in [5, 5.41) is 20.4. The highest BCUT2D eigenvalue weighted by Gasteiger charge is 2.26. The molecule has 0 bridgehead atoms. The average Bonchev–Trinajstić information content (AvgIpc) is 3.78. The molecule has 0 aliphatic rings. The van der Waals surface area contributed by atoms with Gasteiger partial charge >= 0.3 is 0 Å². The minimum absolute atomic E-state index is 0.103. The first kappa shape index (κ1) is 35.4. The SMILES string of the molecule is CCNS(=O)(=O)c1ccc(-c2ccc(S(=O)(=O)NC(CNC(=O)c3ccc4c(cnn4CCCNc4ncc[nH]4)c3)C(=O)CO)cc2)cc1. The third-order valence-electron chi connectivity index (χ3n) is 7.55. The van der Waals surface area contributed by atoms with Gasteiger partial charge in [0.25, 0.3) is 5.91 Å². The van der Waals surface area contributed by atoms with Crippen molar-refractivity contribution in [2.24, 2.45) is 0 Å². The van der Waals surface area contributed by atoms with Crippen molar-refractivity contribution in [3.63, 3.8) is 0 Å². The average molecular weight is 709 g/mol. The number of carbonyl (C=O) groups is 2. The van der Waals surface area contributed by atoms with E-state index < -0.39 is 50.9 Å². The number of hydrogen-bond donors (Lipinski definition) is 6. The number of imidazole rings is 1. The van der Waals surface area contributed by atoms with Crippen molar-refractivity contribution in [1.82, 2.24) is 34.5 Å². The molecule has 0 saturated heterocycles. The lowest BCUT2D eigenvalue weighted by Crippen LogP contribution is -2.49. The third kappa shape index (κ3) is 8.76. The van der Waals surface area contributed by atoms with Crippen molar-refractivity contribution in [3.05, 3.63) is 90.9 Å². The molecule has 49 heavy (non-hydrogen) atoms. The molecule has 5 rings (SSSR count). The Morgan fingerprint density at radius 2 is 1.61 bits per heavy atom. The van der Waals surface area contributed by atoms with Crippen LogP contribution in [0.2, 0.25) is 0 Å². The zero-order valence-corrected chi connectivity index (χ0v) is 28.1. The molecule has 1 unspecified atom stereocenters. The minimum Gasteiger partial charge on any atom is -0.389 e. The van der Waals surface area contributed by atoms with Gasteiger partial charge in [-0.05, 0) is 60.0 Å². The molecule has 1 amide bonds. The highest BCUT2D eigenvalue weighted by atomic mass is 32.2. The van der Waals surface area contributed by atoms with Crippen molar-refractivity contribution >= 4 is 48.6 Å². The number of fused-ring (bicyclic) bond motifs is 1. The lowest BCUT2D eigenvalue weighted by Gasteiger charge is -2.18. The Hall–Kier alpha value is -4.94. The molecular weight excluding hydrogens is 673 g/mol. The van der Waals surface area contributed by atoms with Crippen molar-refractivity contribution in [1.29, 1.82) is 0 Å². The fourth-order valence-corrected chi connectivity index (χ4v) is 7.27. The highest BCUT2D eigenvalue weighted by molar-refractivity contribution is 7.89. The summed E-state index contributed by atoms with van der Waals surface area (Å²) in [6, 6.07) is 15.5. The summed E-state index contributed by atoms with van der Waals surface area (Å²) in [7, 11) is -7.87. The van der Waals surface area contributed by atoms with E-state index in [2.05, 4.69) is 35.1 Å². The Kier molecular flexibility index (Phi) is 11.2. The van der Waals surface area contributed by atoms with Gasteiger partial charge in [0.15, 0.2) is 11.7 Å². The van der Waals surface area contributed by atoms with E-state index in [1.54, 1.807) is 68.0 Å². The van der Waals surface area contributed by atoms with Crippen LogP contribution in [0.4, 0.5) is 5.95 Å². The summed E-state index contributed by atoms with van der Waals surface area (Å²) in [6.07, 6.45) is 5.82. The number of benzene rings is 3. The number of nitrogens with zero attached hydrogens (tertiary/aromatic N) is 3. The predicted molar refractivity (Wildman–Crippen MR) is 183 cm³/mol. The number of aliphatic hydroxyl groups excluding tert-OH is 1.